The van der Waals surface area contributed by atoms with Crippen molar-refractivity contribution in [1.29, 1.82) is 0 Å². The topological polar surface area (TPSA) is 66.0 Å². The van der Waals surface area contributed by atoms with Crippen molar-refractivity contribution in [3.05, 3.63) is 35.1 Å². The van der Waals surface area contributed by atoms with Crippen LogP contribution in [0.15, 0.2) is 24.4 Å². The predicted molar refractivity (Wildman–Crippen MR) is 60.8 cm³/mol. The zero-order chi connectivity index (χ0) is 11.5. The molecule has 2 rings (SSSR count). The van der Waals surface area contributed by atoms with Crippen LogP contribution in [0.5, 0.6) is 5.75 Å². The fraction of sp³-hybridized carbons (Fsp3) is 0.200. The first-order valence-electron chi connectivity index (χ1n) is 4.70. The molecule has 0 aliphatic carbocycles. The molecule has 5 nitrogen and oxygen atoms in total. The van der Waals surface area contributed by atoms with Crippen molar-refractivity contribution >= 4 is 11.6 Å². The van der Waals surface area contributed by atoms with Gasteiger partial charge in [-0.05, 0) is 12.1 Å². The highest BCUT2D eigenvalue weighted by Gasteiger charge is 2.07. The lowest BCUT2D eigenvalue weighted by Crippen LogP contribution is -2.06. The minimum absolute atomic E-state index is 0.373. The van der Waals surface area contributed by atoms with Crippen LogP contribution in [0.3, 0.4) is 0 Å². The van der Waals surface area contributed by atoms with Gasteiger partial charge in [-0.2, -0.15) is 0 Å². The summed E-state index contributed by atoms with van der Waals surface area (Å²) in [6.45, 7) is 0.373. The van der Waals surface area contributed by atoms with Crippen molar-refractivity contribution in [3.8, 4) is 11.4 Å². The van der Waals surface area contributed by atoms with Gasteiger partial charge in [0.05, 0.1) is 29.7 Å². The molecule has 0 unspecified atom stereocenters. The van der Waals surface area contributed by atoms with Gasteiger partial charge < -0.3 is 10.5 Å². The highest BCUT2D eigenvalue weighted by molar-refractivity contribution is 6.32. The Balaban J connectivity index is 2.48. The summed E-state index contributed by atoms with van der Waals surface area (Å²) in [7, 11) is 1.57. The van der Waals surface area contributed by atoms with Gasteiger partial charge in [0, 0.05) is 12.6 Å². The summed E-state index contributed by atoms with van der Waals surface area (Å²) in [5.41, 5.74) is 7.22. The molecular formula is C10H11ClN4O. The van der Waals surface area contributed by atoms with Crippen molar-refractivity contribution < 1.29 is 4.74 Å². The standard InChI is InChI=1S/C10H11ClN4O/c1-16-10-4-7(2-3-9(10)11)15-8(5-12)6-13-14-15/h2-4,6H,5,12H2,1H3. The van der Waals surface area contributed by atoms with E-state index in [2.05, 4.69) is 10.3 Å². The molecule has 2 N–H and O–H groups in total. The number of methoxy groups -OCH3 is 1. The van der Waals surface area contributed by atoms with Crippen LogP contribution in [0, 0.1) is 0 Å². The lowest BCUT2D eigenvalue weighted by atomic mass is 10.3. The summed E-state index contributed by atoms with van der Waals surface area (Å²) in [6, 6.07) is 5.37. The third kappa shape index (κ3) is 1.87. The zero-order valence-electron chi connectivity index (χ0n) is 8.72. The van der Waals surface area contributed by atoms with E-state index in [0.29, 0.717) is 17.3 Å². The maximum absolute atomic E-state index is 5.94. The minimum Gasteiger partial charge on any atom is -0.495 e. The van der Waals surface area contributed by atoms with Crippen molar-refractivity contribution in [1.82, 2.24) is 15.0 Å². The Morgan fingerprint density at radius 1 is 1.50 bits per heavy atom. The molecule has 0 saturated carbocycles. The van der Waals surface area contributed by atoms with Crippen LogP contribution < -0.4 is 10.5 Å². The molecule has 6 heteroatoms. The maximum atomic E-state index is 5.94. The van der Waals surface area contributed by atoms with Crippen LogP contribution in [-0.4, -0.2) is 22.1 Å². The average Bonchev–Trinajstić information content (AvgIpc) is 2.78. The van der Waals surface area contributed by atoms with E-state index in [4.69, 9.17) is 22.1 Å². The van der Waals surface area contributed by atoms with E-state index in [1.54, 1.807) is 30.1 Å². The van der Waals surface area contributed by atoms with Crippen LogP contribution in [0.4, 0.5) is 0 Å². The Kier molecular flexibility index (Phi) is 3.07. The smallest absolute Gasteiger partial charge is 0.139 e. The number of halogens is 1. The molecule has 1 aromatic carbocycles. The number of nitrogens with two attached hydrogens (primary N) is 1. The van der Waals surface area contributed by atoms with Gasteiger partial charge in [0.25, 0.3) is 0 Å². The summed E-state index contributed by atoms with van der Waals surface area (Å²) >= 11 is 5.94. The number of ether oxygens (including phenoxy) is 1. The van der Waals surface area contributed by atoms with Crippen molar-refractivity contribution in [2.75, 3.05) is 7.11 Å². The monoisotopic (exact) mass is 238 g/mol. The summed E-state index contributed by atoms with van der Waals surface area (Å²) in [4.78, 5) is 0. The van der Waals surface area contributed by atoms with Crippen molar-refractivity contribution in [2.24, 2.45) is 5.73 Å². The van der Waals surface area contributed by atoms with Gasteiger partial charge in [0.2, 0.25) is 0 Å². The van der Waals surface area contributed by atoms with Gasteiger partial charge in [-0.3, -0.25) is 0 Å². The summed E-state index contributed by atoms with van der Waals surface area (Å²) in [6.07, 6.45) is 1.63. The van der Waals surface area contributed by atoms with Crippen LogP contribution in [0.1, 0.15) is 5.69 Å². The normalized spacial score (nSPS) is 10.4. The largest absolute Gasteiger partial charge is 0.495 e. The van der Waals surface area contributed by atoms with E-state index in [1.165, 1.54) is 0 Å². The predicted octanol–water partition coefficient (Wildman–Crippen LogP) is 1.39. The number of hydrogen-bond acceptors (Lipinski definition) is 4. The second kappa shape index (κ2) is 4.51. The summed E-state index contributed by atoms with van der Waals surface area (Å²) in [5, 5.41) is 8.31. The summed E-state index contributed by atoms with van der Waals surface area (Å²) < 4.78 is 6.78. The quantitative estimate of drug-likeness (QED) is 0.878. The third-order valence-corrected chi connectivity index (χ3v) is 2.52. The van der Waals surface area contributed by atoms with Gasteiger partial charge in [0.1, 0.15) is 5.75 Å². The number of rotatable bonds is 3. The SMILES string of the molecule is COc1cc(-n2nncc2CN)ccc1Cl. The lowest BCUT2D eigenvalue weighted by Gasteiger charge is -2.07. The number of hydrogen-bond donors (Lipinski definition) is 1. The van der Waals surface area contributed by atoms with Gasteiger partial charge in [-0.1, -0.05) is 16.8 Å². The Hall–Kier alpha value is -1.59. The van der Waals surface area contributed by atoms with Crippen molar-refractivity contribution in [2.45, 2.75) is 6.54 Å². The molecule has 1 aromatic heterocycles. The highest BCUT2D eigenvalue weighted by atomic mass is 35.5. The number of benzene rings is 1. The summed E-state index contributed by atoms with van der Waals surface area (Å²) in [5.74, 6) is 0.595. The van der Waals surface area contributed by atoms with Crippen LogP contribution in [0.2, 0.25) is 5.02 Å². The number of aromatic nitrogens is 3. The van der Waals surface area contributed by atoms with E-state index in [-0.39, 0.29) is 0 Å². The van der Waals surface area contributed by atoms with E-state index in [0.717, 1.165) is 11.4 Å². The first kappa shape index (κ1) is 10.9. The zero-order valence-corrected chi connectivity index (χ0v) is 9.48. The van der Waals surface area contributed by atoms with Gasteiger partial charge in [0.15, 0.2) is 0 Å². The molecule has 0 amide bonds. The van der Waals surface area contributed by atoms with E-state index in [9.17, 15) is 0 Å². The molecule has 84 valence electrons. The maximum Gasteiger partial charge on any atom is 0.139 e. The Morgan fingerprint density at radius 2 is 2.31 bits per heavy atom. The van der Waals surface area contributed by atoms with E-state index >= 15 is 0 Å². The minimum atomic E-state index is 0.373. The molecule has 0 spiro atoms. The molecule has 0 aliphatic rings. The van der Waals surface area contributed by atoms with E-state index < -0.39 is 0 Å². The molecule has 2 aromatic rings. The molecule has 0 aliphatic heterocycles. The molecule has 16 heavy (non-hydrogen) atoms. The first-order valence-corrected chi connectivity index (χ1v) is 5.07. The number of nitrogens with zero attached hydrogens (tertiary/aromatic N) is 3. The molecule has 0 saturated heterocycles. The lowest BCUT2D eigenvalue weighted by molar-refractivity contribution is 0.414. The molecule has 0 radical (unpaired) electrons. The first-order chi connectivity index (χ1) is 7.76. The fourth-order valence-corrected chi connectivity index (χ4v) is 1.59. The van der Waals surface area contributed by atoms with Crippen molar-refractivity contribution in [3.63, 3.8) is 0 Å². The van der Waals surface area contributed by atoms with Crippen LogP contribution >= 0.6 is 11.6 Å². The average molecular weight is 239 g/mol. The van der Waals surface area contributed by atoms with Crippen LogP contribution in [0.25, 0.3) is 5.69 Å². The van der Waals surface area contributed by atoms with Gasteiger partial charge in [-0.25, -0.2) is 4.68 Å². The second-order valence-electron chi connectivity index (χ2n) is 3.16. The Morgan fingerprint density at radius 3 is 3.00 bits per heavy atom. The Bertz CT molecular complexity index is 497. The second-order valence-corrected chi connectivity index (χ2v) is 3.57. The third-order valence-electron chi connectivity index (χ3n) is 2.21. The molecule has 0 atom stereocenters. The van der Waals surface area contributed by atoms with Gasteiger partial charge in [-0.15, -0.1) is 5.10 Å². The Labute approximate surface area is 97.8 Å². The fourth-order valence-electron chi connectivity index (χ4n) is 1.39. The molecular weight excluding hydrogens is 228 g/mol. The van der Waals surface area contributed by atoms with Gasteiger partial charge >= 0.3 is 0 Å². The molecule has 1 heterocycles. The molecule has 0 bridgehead atoms. The van der Waals surface area contributed by atoms with E-state index in [1.807, 2.05) is 6.07 Å². The van der Waals surface area contributed by atoms with Crippen LogP contribution in [-0.2, 0) is 6.54 Å². The molecule has 0 fully saturated rings. The highest BCUT2D eigenvalue weighted by Crippen LogP contribution is 2.26.